The van der Waals surface area contributed by atoms with Crippen LogP contribution in [0, 0.1) is 23.0 Å². The van der Waals surface area contributed by atoms with Crippen molar-refractivity contribution in [3.05, 3.63) is 92.4 Å². The Balaban J connectivity index is 1.80. The van der Waals surface area contributed by atoms with Crippen molar-refractivity contribution < 1.29 is 30.7 Å². The first-order chi connectivity index (χ1) is 18.7. The van der Waals surface area contributed by atoms with Gasteiger partial charge in [0.1, 0.15) is 10.9 Å². The number of hydrazone groups is 1. The van der Waals surface area contributed by atoms with Crippen LogP contribution >= 0.6 is 15.9 Å². The Labute approximate surface area is 239 Å². The Morgan fingerprint density at radius 1 is 1.02 bits per heavy atom. The molecule has 15 heteroatoms. The molecular weight excluding hydrogens is 628 g/mol. The Kier molecular flexibility index (Phi) is 9.78. The molecule has 0 heterocycles. The Bertz CT molecular complexity index is 1660. The standard InChI is InChI=1S/C25H25BrN4O8S2/c1-16(2)24(29-39(34,35)21-10-7-17(3)8-11-21)25(31)28-27-15-18-13-19(26)9-12-23(18)38-40(36,37)22-6-4-5-20(14-22)30(32)33/h4-16,24,29H,1-3H3,(H,28,31)/b27-15-/t24-/m1/s1. The fourth-order valence-electron chi connectivity index (χ4n) is 3.29. The molecule has 1 atom stereocenters. The van der Waals surface area contributed by atoms with Crippen LogP contribution in [0.5, 0.6) is 5.75 Å². The van der Waals surface area contributed by atoms with Crippen LogP contribution in [-0.2, 0) is 24.9 Å². The summed E-state index contributed by atoms with van der Waals surface area (Å²) in [5.74, 6) is -1.36. The molecule has 0 aliphatic rings. The van der Waals surface area contributed by atoms with Crippen LogP contribution < -0.4 is 14.3 Å². The van der Waals surface area contributed by atoms with Crippen LogP contribution in [0.15, 0.2) is 86.1 Å². The van der Waals surface area contributed by atoms with Gasteiger partial charge in [-0.3, -0.25) is 14.9 Å². The smallest absolute Gasteiger partial charge is 0.339 e. The number of nitro groups is 1. The van der Waals surface area contributed by atoms with Crippen molar-refractivity contribution in [2.75, 3.05) is 0 Å². The molecule has 2 N–H and O–H groups in total. The van der Waals surface area contributed by atoms with Crippen molar-refractivity contribution >= 4 is 53.9 Å². The summed E-state index contributed by atoms with van der Waals surface area (Å²) in [6.45, 7) is 5.13. The number of rotatable bonds is 11. The van der Waals surface area contributed by atoms with E-state index in [1.807, 2.05) is 6.92 Å². The molecular formula is C25H25BrN4O8S2. The van der Waals surface area contributed by atoms with Crippen molar-refractivity contribution in [2.45, 2.75) is 36.6 Å². The van der Waals surface area contributed by atoms with Gasteiger partial charge >= 0.3 is 10.1 Å². The van der Waals surface area contributed by atoms with E-state index in [1.165, 1.54) is 36.4 Å². The second kappa shape index (κ2) is 12.7. The SMILES string of the molecule is Cc1ccc(S(=O)(=O)N[C@@H](C(=O)N/N=C\c2cc(Br)ccc2OS(=O)(=O)c2cccc([N+](=O)[O-])c2)C(C)C)cc1. The van der Waals surface area contributed by atoms with Gasteiger partial charge in [-0.1, -0.05) is 53.5 Å². The molecule has 40 heavy (non-hydrogen) atoms. The highest BCUT2D eigenvalue weighted by molar-refractivity contribution is 9.10. The van der Waals surface area contributed by atoms with Crippen molar-refractivity contribution in [3.63, 3.8) is 0 Å². The predicted molar refractivity (Wildman–Crippen MR) is 151 cm³/mol. The summed E-state index contributed by atoms with van der Waals surface area (Å²) >= 11 is 3.26. The van der Waals surface area contributed by atoms with Crippen molar-refractivity contribution in [1.82, 2.24) is 10.1 Å². The van der Waals surface area contributed by atoms with Crippen LogP contribution in [0.1, 0.15) is 25.0 Å². The van der Waals surface area contributed by atoms with Gasteiger partial charge in [0.2, 0.25) is 10.0 Å². The quantitative estimate of drug-likeness (QED) is 0.136. The Hall–Kier alpha value is -3.66. The minimum Gasteiger partial charge on any atom is -0.378 e. The van der Waals surface area contributed by atoms with E-state index >= 15 is 0 Å². The lowest BCUT2D eigenvalue weighted by Gasteiger charge is -2.20. The topological polar surface area (TPSA) is 174 Å². The lowest BCUT2D eigenvalue weighted by molar-refractivity contribution is -0.385. The number of carbonyl (C=O) groups excluding carboxylic acids is 1. The lowest BCUT2D eigenvalue weighted by atomic mass is 10.1. The summed E-state index contributed by atoms with van der Waals surface area (Å²) < 4.78 is 59.3. The van der Waals surface area contributed by atoms with Crippen molar-refractivity contribution in [3.8, 4) is 5.75 Å². The van der Waals surface area contributed by atoms with Gasteiger partial charge in [0, 0.05) is 22.2 Å². The van der Waals surface area contributed by atoms with E-state index in [1.54, 1.807) is 26.0 Å². The third-order valence-corrected chi connectivity index (χ3v) is 8.61. The molecule has 0 bridgehead atoms. The van der Waals surface area contributed by atoms with Gasteiger partial charge in [0.15, 0.2) is 5.75 Å². The van der Waals surface area contributed by atoms with Gasteiger partial charge in [0.05, 0.1) is 16.0 Å². The van der Waals surface area contributed by atoms with Gasteiger partial charge in [-0.15, -0.1) is 0 Å². The summed E-state index contributed by atoms with van der Waals surface area (Å²) in [6, 6.07) is 13.6. The molecule has 1 amide bonds. The molecule has 12 nitrogen and oxygen atoms in total. The number of nitro benzene ring substituents is 1. The van der Waals surface area contributed by atoms with Gasteiger partial charge in [-0.05, 0) is 49.2 Å². The summed E-state index contributed by atoms with van der Waals surface area (Å²) in [5, 5.41) is 14.9. The molecule has 0 aliphatic heterocycles. The monoisotopic (exact) mass is 652 g/mol. The van der Waals surface area contributed by atoms with E-state index < -0.39 is 53.5 Å². The normalized spacial score (nSPS) is 12.8. The fraction of sp³-hybridized carbons (Fsp3) is 0.200. The van der Waals surface area contributed by atoms with Crippen LogP contribution in [0.2, 0.25) is 0 Å². The zero-order valence-electron chi connectivity index (χ0n) is 21.4. The molecule has 0 spiro atoms. The molecule has 212 valence electrons. The van der Waals surface area contributed by atoms with E-state index in [4.69, 9.17) is 4.18 Å². The molecule has 0 aromatic heterocycles. The number of non-ortho nitro benzene ring substituents is 1. The van der Waals surface area contributed by atoms with Crippen LogP contribution in [0.4, 0.5) is 5.69 Å². The summed E-state index contributed by atoms with van der Waals surface area (Å²) in [5.41, 5.74) is 2.84. The lowest BCUT2D eigenvalue weighted by Crippen LogP contribution is -2.48. The number of sulfonamides is 1. The molecule has 0 radical (unpaired) electrons. The van der Waals surface area contributed by atoms with Crippen molar-refractivity contribution in [1.29, 1.82) is 0 Å². The summed E-state index contributed by atoms with van der Waals surface area (Å²) in [4.78, 5) is 22.7. The minimum absolute atomic E-state index is 0.000866. The van der Waals surface area contributed by atoms with Gasteiger partial charge in [-0.25, -0.2) is 13.8 Å². The molecule has 3 aromatic carbocycles. The number of halogens is 1. The maximum Gasteiger partial charge on any atom is 0.339 e. The fourth-order valence-corrected chi connectivity index (χ4v) is 6.01. The second-order valence-electron chi connectivity index (χ2n) is 8.86. The molecule has 0 saturated carbocycles. The summed E-state index contributed by atoms with van der Waals surface area (Å²) in [6.07, 6.45) is 1.12. The largest absolute Gasteiger partial charge is 0.378 e. The number of benzene rings is 3. The third kappa shape index (κ3) is 7.94. The maximum atomic E-state index is 12.8. The van der Waals surface area contributed by atoms with Gasteiger partial charge in [0.25, 0.3) is 11.6 Å². The highest BCUT2D eigenvalue weighted by Crippen LogP contribution is 2.26. The van der Waals surface area contributed by atoms with Gasteiger partial charge < -0.3 is 4.18 Å². The highest BCUT2D eigenvalue weighted by Gasteiger charge is 2.28. The predicted octanol–water partition coefficient (Wildman–Crippen LogP) is 3.89. The van der Waals surface area contributed by atoms with Crippen LogP contribution in [-0.4, -0.2) is 39.9 Å². The number of carbonyl (C=O) groups is 1. The molecule has 0 saturated heterocycles. The number of amides is 1. The molecule has 0 unspecified atom stereocenters. The average Bonchev–Trinajstić information content (AvgIpc) is 2.89. The molecule has 3 rings (SSSR count). The average molecular weight is 654 g/mol. The Morgan fingerprint density at radius 2 is 1.70 bits per heavy atom. The number of nitrogens with zero attached hydrogens (tertiary/aromatic N) is 2. The van der Waals surface area contributed by atoms with E-state index in [0.717, 1.165) is 30.0 Å². The summed E-state index contributed by atoms with van der Waals surface area (Å²) in [7, 11) is -8.47. The molecule has 0 aliphatic carbocycles. The Morgan fingerprint density at radius 3 is 2.33 bits per heavy atom. The second-order valence-corrected chi connectivity index (χ2v) is 13.0. The van der Waals surface area contributed by atoms with Crippen LogP contribution in [0.3, 0.4) is 0 Å². The first kappa shape index (κ1) is 30.9. The van der Waals surface area contributed by atoms with E-state index in [-0.39, 0.29) is 16.2 Å². The zero-order valence-corrected chi connectivity index (χ0v) is 24.7. The highest BCUT2D eigenvalue weighted by atomic mass is 79.9. The zero-order chi connectivity index (χ0) is 29.7. The van der Waals surface area contributed by atoms with E-state index in [0.29, 0.717) is 4.47 Å². The maximum absolute atomic E-state index is 12.8. The first-order valence-electron chi connectivity index (χ1n) is 11.6. The van der Waals surface area contributed by atoms with E-state index in [2.05, 4.69) is 31.2 Å². The van der Waals surface area contributed by atoms with Crippen LogP contribution in [0.25, 0.3) is 0 Å². The van der Waals surface area contributed by atoms with E-state index in [9.17, 15) is 31.7 Å². The third-order valence-electron chi connectivity index (χ3n) is 5.43. The molecule has 0 fully saturated rings. The number of aryl methyl sites for hydroxylation is 1. The van der Waals surface area contributed by atoms with Crippen molar-refractivity contribution in [2.24, 2.45) is 11.0 Å². The van der Waals surface area contributed by atoms with Gasteiger partial charge in [-0.2, -0.15) is 18.2 Å². The number of nitrogens with one attached hydrogen (secondary N) is 2. The molecule has 3 aromatic rings. The minimum atomic E-state index is -4.47. The first-order valence-corrected chi connectivity index (χ1v) is 15.3. The number of hydrogen-bond acceptors (Lipinski definition) is 9. The number of hydrogen-bond donors (Lipinski definition) is 2.